The highest BCUT2D eigenvalue weighted by atomic mass is 16.6. The third-order valence-electron chi connectivity index (χ3n) is 5.11. The number of esters is 2. The Hall–Kier alpha value is -2.71. The largest absolute Gasteiger partial charge is 0.460 e. The Morgan fingerprint density at radius 1 is 0.879 bits per heavy atom. The molecule has 0 aliphatic carbocycles. The number of aryl methyl sites for hydroxylation is 1. The van der Waals surface area contributed by atoms with Crippen LogP contribution in [0.1, 0.15) is 52.0 Å². The molecule has 0 atom stereocenters. The van der Waals surface area contributed by atoms with Gasteiger partial charge in [-0.05, 0) is 32.8 Å². The number of carbonyl (C=O) groups excluding carboxylic acids is 2. The number of nitrogens with zero attached hydrogens (tertiary/aromatic N) is 1. The molecule has 1 aliphatic heterocycles. The molecule has 0 aromatic carbocycles. The topological polar surface area (TPSA) is 87.0 Å². The molecule has 0 unspecified atom stereocenters. The Morgan fingerprint density at radius 3 is 1.85 bits per heavy atom. The van der Waals surface area contributed by atoms with Gasteiger partial charge in [-0.15, -0.1) is 0 Å². The summed E-state index contributed by atoms with van der Waals surface area (Å²) >= 11 is 0. The zero-order valence-electron chi connectivity index (χ0n) is 20.4. The number of dihydropyridines is 1. The number of rotatable bonds is 13. The van der Waals surface area contributed by atoms with E-state index in [0.717, 1.165) is 18.4 Å². The molecule has 1 N–H and O–H groups in total. The van der Waals surface area contributed by atoms with E-state index in [9.17, 15) is 9.59 Å². The van der Waals surface area contributed by atoms with Crippen molar-refractivity contribution in [2.75, 3.05) is 39.6 Å². The van der Waals surface area contributed by atoms with E-state index in [1.165, 1.54) is 0 Å². The van der Waals surface area contributed by atoms with Crippen LogP contribution in [0.4, 0.5) is 0 Å². The zero-order chi connectivity index (χ0) is 24.2. The summed E-state index contributed by atoms with van der Waals surface area (Å²) in [7, 11) is 1.89. The second-order valence-corrected chi connectivity index (χ2v) is 7.93. The van der Waals surface area contributed by atoms with Crippen LogP contribution >= 0.6 is 0 Å². The van der Waals surface area contributed by atoms with Gasteiger partial charge in [0.25, 0.3) is 0 Å². The van der Waals surface area contributed by atoms with Gasteiger partial charge in [0.2, 0.25) is 0 Å². The molecule has 1 aromatic heterocycles. The second-order valence-electron chi connectivity index (χ2n) is 7.93. The SMILES string of the molecule is CCCOCCOC(=O)C1=C(C)NC(C)=C(C(=O)OCCOCCC)C1c1ccc[n+](C)c1. The summed E-state index contributed by atoms with van der Waals surface area (Å²) in [6.45, 7) is 9.82. The van der Waals surface area contributed by atoms with Crippen molar-refractivity contribution >= 4 is 11.9 Å². The van der Waals surface area contributed by atoms with Crippen molar-refractivity contribution in [1.82, 2.24) is 5.32 Å². The third-order valence-corrected chi connectivity index (χ3v) is 5.11. The van der Waals surface area contributed by atoms with E-state index in [1.54, 1.807) is 0 Å². The monoisotopic (exact) mass is 461 g/mol. The lowest BCUT2D eigenvalue weighted by Crippen LogP contribution is -2.35. The molecule has 0 bridgehead atoms. The van der Waals surface area contributed by atoms with Gasteiger partial charge >= 0.3 is 11.9 Å². The molecular formula is C25H37N2O6+. The molecule has 2 heterocycles. The van der Waals surface area contributed by atoms with Crippen molar-refractivity contribution in [3.05, 3.63) is 52.6 Å². The van der Waals surface area contributed by atoms with Crippen LogP contribution in [-0.2, 0) is 35.6 Å². The number of pyridine rings is 1. The van der Waals surface area contributed by atoms with Crippen LogP contribution in [0.25, 0.3) is 0 Å². The molecule has 8 heteroatoms. The first kappa shape index (κ1) is 26.5. The summed E-state index contributed by atoms with van der Waals surface area (Å²) in [4.78, 5) is 26.3. The van der Waals surface area contributed by atoms with Crippen LogP contribution in [0, 0.1) is 0 Å². The number of ether oxygens (including phenoxy) is 4. The molecule has 0 fully saturated rings. The van der Waals surface area contributed by atoms with Crippen LogP contribution in [0.5, 0.6) is 0 Å². The van der Waals surface area contributed by atoms with Crippen molar-refractivity contribution in [1.29, 1.82) is 0 Å². The van der Waals surface area contributed by atoms with Crippen molar-refractivity contribution in [3.8, 4) is 0 Å². The lowest BCUT2D eigenvalue weighted by atomic mass is 9.81. The van der Waals surface area contributed by atoms with Crippen molar-refractivity contribution < 1.29 is 33.1 Å². The molecule has 0 saturated carbocycles. The molecular weight excluding hydrogens is 424 g/mol. The predicted molar refractivity (Wildman–Crippen MR) is 123 cm³/mol. The van der Waals surface area contributed by atoms with E-state index in [4.69, 9.17) is 18.9 Å². The van der Waals surface area contributed by atoms with Gasteiger partial charge in [-0.3, -0.25) is 0 Å². The van der Waals surface area contributed by atoms with E-state index in [0.29, 0.717) is 49.0 Å². The smallest absolute Gasteiger partial charge is 0.336 e. The standard InChI is InChI=1S/C25H36N2O6/c1-6-11-30-13-15-32-24(28)21-18(3)26-19(4)22(25(29)33-16-14-31-12-7-2)23(21)20-9-8-10-27(5)17-20/h8-10,17,23H,6-7,11-16H2,1-5H3/p+1. The van der Waals surface area contributed by atoms with Crippen LogP contribution in [-0.4, -0.2) is 51.6 Å². The summed E-state index contributed by atoms with van der Waals surface area (Å²) in [6, 6.07) is 3.77. The Morgan fingerprint density at radius 2 is 1.39 bits per heavy atom. The molecule has 0 spiro atoms. The van der Waals surface area contributed by atoms with Gasteiger partial charge in [0.1, 0.15) is 20.3 Å². The van der Waals surface area contributed by atoms with Crippen molar-refractivity contribution in [2.45, 2.75) is 46.5 Å². The van der Waals surface area contributed by atoms with Gasteiger partial charge in [0, 0.05) is 36.2 Å². The van der Waals surface area contributed by atoms with E-state index >= 15 is 0 Å². The molecule has 0 amide bonds. The quantitative estimate of drug-likeness (QED) is 0.275. The highest BCUT2D eigenvalue weighted by Crippen LogP contribution is 2.38. The fourth-order valence-corrected chi connectivity index (χ4v) is 3.69. The Labute approximate surface area is 196 Å². The fourth-order valence-electron chi connectivity index (χ4n) is 3.69. The Kier molecular flexibility index (Phi) is 11.1. The normalized spacial score (nSPS) is 14.3. The van der Waals surface area contributed by atoms with Gasteiger partial charge in [0.15, 0.2) is 12.4 Å². The minimum Gasteiger partial charge on any atom is -0.460 e. The van der Waals surface area contributed by atoms with Crippen LogP contribution in [0.2, 0.25) is 0 Å². The van der Waals surface area contributed by atoms with E-state index in [-0.39, 0.29) is 13.2 Å². The molecule has 182 valence electrons. The summed E-state index contributed by atoms with van der Waals surface area (Å²) in [5.41, 5.74) is 2.86. The summed E-state index contributed by atoms with van der Waals surface area (Å²) in [6.07, 6.45) is 5.58. The summed E-state index contributed by atoms with van der Waals surface area (Å²) in [5.74, 6) is -1.59. The fraction of sp³-hybridized carbons (Fsp3) is 0.560. The van der Waals surface area contributed by atoms with Gasteiger partial charge in [-0.2, -0.15) is 0 Å². The minimum atomic E-state index is -0.619. The highest BCUT2D eigenvalue weighted by Gasteiger charge is 2.39. The first-order valence-electron chi connectivity index (χ1n) is 11.5. The number of aromatic nitrogens is 1. The lowest BCUT2D eigenvalue weighted by molar-refractivity contribution is -0.671. The number of hydrogen-bond donors (Lipinski definition) is 1. The molecule has 1 aromatic rings. The molecule has 33 heavy (non-hydrogen) atoms. The number of hydrogen-bond acceptors (Lipinski definition) is 7. The highest BCUT2D eigenvalue weighted by molar-refractivity contribution is 5.99. The number of nitrogens with one attached hydrogen (secondary N) is 1. The molecule has 0 radical (unpaired) electrons. The van der Waals surface area contributed by atoms with Gasteiger partial charge < -0.3 is 24.3 Å². The van der Waals surface area contributed by atoms with E-state index in [1.807, 2.05) is 63.8 Å². The number of carbonyl (C=O) groups is 2. The molecule has 2 rings (SSSR count). The molecule has 0 saturated heterocycles. The first-order chi connectivity index (χ1) is 15.9. The van der Waals surface area contributed by atoms with Crippen molar-refractivity contribution in [3.63, 3.8) is 0 Å². The number of allylic oxidation sites excluding steroid dienone is 2. The zero-order valence-corrected chi connectivity index (χ0v) is 20.4. The van der Waals surface area contributed by atoms with Crippen LogP contribution in [0.15, 0.2) is 47.1 Å². The van der Waals surface area contributed by atoms with Crippen LogP contribution < -0.4 is 9.88 Å². The van der Waals surface area contributed by atoms with Gasteiger partial charge in [-0.1, -0.05) is 13.8 Å². The van der Waals surface area contributed by atoms with E-state index in [2.05, 4.69) is 5.32 Å². The molecule has 8 nitrogen and oxygen atoms in total. The average molecular weight is 462 g/mol. The maximum atomic E-state index is 13.1. The lowest BCUT2D eigenvalue weighted by Gasteiger charge is -2.29. The van der Waals surface area contributed by atoms with Gasteiger partial charge in [-0.25, -0.2) is 14.2 Å². The maximum Gasteiger partial charge on any atom is 0.336 e. The maximum absolute atomic E-state index is 13.1. The summed E-state index contributed by atoms with van der Waals surface area (Å²) in [5, 5.41) is 3.17. The van der Waals surface area contributed by atoms with Crippen LogP contribution in [0.3, 0.4) is 0 Å². The van der Waals surface area contributed by atoms with E-state index < -0.39 is 17.9 Å². The van der Waals surface area contributed by atoms with Crippen molar-refractivity contribution in [2.24, 2.45) is 7.05 Å². The van der Waals surface area contributed by atoms with Gasteiger partial charge in [0.05, 0.1) is 30.3 Å². The first-order valence-corrected chi connectivity index (χ1v) is 11.5. The predicted octanol–water partition coefficient (Wildman–Crippen LogP) is 2.69. The third kappa shape index (κ3) is 7.68. The molecule has 1 aliphatic rings. The summed E-state index contributed by atoms with van der Waals surface area (Å²) < 4.78 is 23.7. The second kappa shape index (κ2) is 13.7. The Balaban J connectivity index is 2.29. The average Bonchev–Trinajstić information content (AvgIpc) is 2.78. The minimum absolute atomic E-state index is 0.141. The Bertz CT molecular complexity index is 829.